The van der Waals surface area contributed by atoms with Crippen molar-refractivity contribution >= 4 is 22.6 Å². The molecule has 7 heteroatoms. The second-order valence-corrected chi connectivity index (χ2v) is 8.93. The quantitative estimate of drug-likeness (QED) is 0.466. The lowest BCUT2D eigenvalue weighted by Gasteiger charge is -2.36. The number of fused-ring (bicyclic) bond motifs is 1. The second kappa shape index (κ2) is 9.72. The van der Waals surface area contributed by atoms with Gasteiger partial charge in [0.15, 0.2) is 5.82 Å². The molecule has 3 aromatic carbocycles. The zero-order valence-electron chi connectivity index (χ0n) is 19.6. The minimum absolute atomic E-state index is 0.133. The largest absolute Gasteiger partial charge is 0.507 e. The zero-order chi connectivity index (χ0) is 24.4. The fraction of sp³-hybridized carbons (Fsp3) is 0.250. The van der Waals surface area contributed by atoms with Crippen molar-refractivity contribution in [1.29, 1.82) is 0 Å². The number of rotatable bonds is 5. The van der Waals surface area contributed by atoms with Crippen LogP contribution in [0.3, 0.4) is 0 Å². The van der Waals surface area contributed by atoms with E-state index in [1.807, 2.05) is 61.5 Å². The summed E-state index contributed by atoms with van der Waals surface area (Å²) in [4.78, 5) is 26.3. The van der Waals surface area contributed by atoms with Gasteiger partial charge in [0.25, 0.3) is 5.91 Å². The van der Waals surface area contributed by atoms with Crippen LogP contribution in [-0.4, -0.2) is 63.3 Å². The van der Waals surface area contributed by atoms with Gasteiger partial charge in [-0.2, -0.15) is 0 Å². The van der Waals surface area contributed by atoms with Crippen molar-refractivity contribution in [2.45, 2.75) is 19.4 Å². The van der Waals surface area contributed by atoms with Crippen molar-refractivity contribution < 1.29 is 15.0 Å². The van der Waals surface area contributed by atoms with Crippen LogP contribution in [0.4, 0.5) is 5.82 Å². The Morgan fingerprint density at radius 2 is 1.66 bits per heavy atom. The number of aromatic nitrogens is 2. The summed E-state index contributed by atoms with van der Waals surface area (Å²) in [6.45, 7) is 4.18. The number of benzene rings is 3. The topological polar surface area (TPSA) is 89.8 Å². The number of nitrogens with zero attached hydrogens (tertiary/aromatic N) is 4. The summed E-state index contributed by atoms with van der Waals surface area (Å²) in [7, 11) is 0. The Hall–Kier alpha value is -3.97. The minimum Gasteiger partial charge on any atom is -0.507 e. The van der Waals surface area contributed by atoms with E-state index in [0.717, 1.165) is 27.8 Å². The number of aromatic hydroxyl groups is 1. The van der Waals surface area contributed by atoms with Crippen LogP contribution in [0.2, 0.25) is 0 Å². The lowest BCUT2D eigenvalue weighted by Crippen LogP contribution is -2.52. The van der Waals surface area contributed by atoms with Gasteiger partial charge < -0.3 is 20.0 Å². The highest BCUT2D eigenvalue weighted by atomic mass is 16.3. The van der Waals surface area contributed by atoms with Gasteiger partial charge in [-0.05, 0) is 42.3 Å². The Labute approximate surface area is 204 Å². The van der Waals surface area contributed by atoms with Gasteiger partial charge in [0, 0.05) is 38.0 Å². The Morgan fingerprint density at radius 3 is 2.40 bits per heavy atom. The van der Waals surface area contributed by atoms with Crippen molar-refractivity contribution in [3.05, 3.63) is 83.9 Å². The van der Waals surface area contributed by atoms with E-state index >= 15 is 0 Å². The summed E-state index contributed by atoms with van der Waals surface area (Å²) in [5.41, 5.74) is 3.42. The molecule has 178 valence electrons. The van der Waals surface area contributed by atoms with Crippen molar-refractivity contribution in [1.82, 2.24) is 14.9 Å². The molecule has 5 rings (SSSR count). The summed E-state index contributed by atoms with van der Waals surface area (Å²) < 4.78 is 0. The van der Waals surface area contributed by atoms with Gasteiger partial charge in [0.2, 0.25) is 0 Å². The molecule has 0 bridgehead atoms. The van der Waals surface area contributed by atoms with Gasteiger partial charge in [-0.3, -0.25) is 4.79 Å². The number of hydrogen-bond acceptors (Lipinski definition) is 6. The van der Waals surface area contributed by atoms with Crippen LogP contribution in [0.1, 0.15) is 11.1 Å². The fourth-order valence-electron chi connectivity index (χ4n) is 4.52. The highest BCUT2D eigenvalue weighted by Gasteiger charge is 2.28. The maximum Gasteiger partial charge on any atom is 0.251 e. The highest BCUT2D eigenvalue weighted by molar-refractivity contribution is 5.92. The van der Waals surface area contributed by atoms with Crippen LogP contribution in [0.25, 0.3) is 22.3 Å². The third-order valence-corrected chi connectivity index (χ3v) is 6.43. The number of anilines is 1. The predicted molar refractivity (Wildman–Crippen MR) is 136 cm³/mol. The summed E-state index contributed by atoms with van der Waals surface area (Å²) in [5.74, 6) is 1.14. The van der Waals surface area contributed by atoms with Crippen LogP contribution in [-0.2, 0) is 11.2 Å². The number of aliphatic hydroxyl groups is 1. The molecule has 1 fully saturated rings. The number of aliphatic hydroxyl groups excluding tert-OH is 1. The zero-order valence-corrected chi connectivity index (χ0v) is 19.6. The van der Waals surface area contributed by atoms with Gasteiger partial charge in [-0.25, -0.2) is 9.97 Å². The SMILES string of the molecule is Cc1ccc2c(N3CCN(C(=O)C(O)Cc4ccccc4)CC3)nc(-c3ccccc3O)nc2c1. The first-order valence-corrected chi connectivity index (χ1v) is 11.8. The number of carbonyl (C=O) groups excluding carboxylic acids is 1. The number of amides is 1. The molecule has 7 nitrogen and oxygen atoms in total. The van der Waals surface area contributed by atoms with E-state index in [1.54, 1.807) is 23.1 Å². The van der Waals surface area contributed by atoms with E-state index in [-0.39, 0.29) is 11.7 Å². The number of piperazine rings is 1. The summed E-state index contributed by atoms with van der Waals surface area (Å²) >= 11 is 0. The first kappa shape index (κ1) is 22.8. The molecule has 1 aliphatic heterocycles. The second-order valence-electron chi connectivity index (χ2n) is 8.93. The van der Waals surface area contributed by atoms with Crippen molar-refractivity contribution in [3.8, 4) is 17.1 Å². The molecule has 0 spiro atoms. The summed E-state index contributed by atoms with van der Waals surface area (Å²) in [6, 6.07) is 22.7. The van der Waals surface area contributed by atoms with Crippen LogP contribution in [0, 0.1) is 6.92 Å². The Morgan fingerprint density at radius 1 is 0.943 bits per heavy atom. The molecule has 1 amide bonds. The van der Waals surface area contributed by atoms with E-state index in [1.165, 1.54) is 0 Å². The molecule has 1 aromatic heterocycles. The molecule has 0 saturated carbocycles. The number of carbonyl (C=O) groups is 1. The Bertz CT molecular complexity index is 1350. The lowest BCUT2D eigenvalue weighted by atomic mass is 10.1. The van der Waals surface area contributed by atoms with Crippen LogP contribution in [0.5, 0.6) is 5.75 Å². The van der Waals surface area contributed by atoms with E-state index in [0.29, 0.717) is 44.0 Å². The molecular formula is C28H28N4O3. The molecule has 2 N–H and O–H groups in total. The third kappa shape index (κ3) is 4.81. The monoisotopic (exact) mass is 468 g/mol. The molecule has 4 aromatic rings. The molecule has 1 unspecified atom stereocenters. The predicted octanol–water partition coefficient (Wildman–Crippen LogP) is 3.56. The highest BCUT2D eigenvalue weighted by Crippen LogP contribution is 2.32. The normalized spacial score (nSPS) is 14.8. The minimum atomic E-state index is -1.06. The fourth-order valence-corrected chi connectivity index (χ4v) is 4.52. The first-order valence-electron chi connectivity index (χ1n) is 11.8. The number of aryl methyl sites for hydroxylation is 1. The number of phenolic OH excluding ortho intramolecular Hbond substituents is 1. The van der Waals surface area contributed by atoms with E-state index in [4.69, 9.17) is 9.97 Å². The maximum atomic E-state index is 12.9. The molecular weight excluding hydrogens is 440 g/mol. The van der Waals surface area contributed by atoms with Gasteiger partial charge in [-0.1, -0.05) is 48.5 Å². The molecule has 0 radical (unpaired) electrons. The van der Waals surface area contributed by atoms with Gasteiger partial charge in [-0.15, -0.1) is 0 Å². The maximum absolute atomic E-state index is 12.9. The van der Waals surface area contributed by atoms with Crippen molar-refractivity contribution in [2.24, 2.45) is 0 Å². The summed E-state index contributed by atoms with van der Waals surface area (Å²) in [6.07, 6.45) is -0.751. The number of phenols is 1. The molecule has 1 saturated heterocycles. The molecule has 35 heavy (non-hydrogen) atoms. The Balaban J connectivity index is 1.37. The number of para-hydroxylation sites is 1. The van der Waals surface area contributed by atoms with Crippen LogP contribution in [0.15, 0.2) is 72.8 Å². The van der Waals surface area contributed by atoms with Crippen molar-refractivity contribution in [2.75, 3.05) is 31.1 Å². The van der Waals surface area contributed by atoms with E-state index in [2.05, 4.69) is 4.90 Å². The lowest BCUT2D eigenvalue weighted by molar-refractivity contribution is -0.140. The number of hydrogen-bond donors (Lipinski definition) is 2. The van der Waals surface area contributed by atoms with Gasteiger partial charge in [0.05, 0.1) is 11.1 Å². The molecule has 1 aliphatic rings. The van der Waals surface area contributed by atoms with Gasteiger partial charge >= 0.3 is 0 Å². The molecule has 1 atom stereocenters. The molecule has 0 aliphatic carbocycles. The summed E-state index contributed by atoms with van der Waals surface area (Å²) in [5, 5.41) is 21.8. The standard InChI is InChI=1S/C28H28N4O3/c1-19-11-12-21-23(17-19)29-26(22-9-5-6-10-24(22)33)30-27(21)31-13-15-32(16-14-31)28(35)25(34)18-20-7-3-2-4-8-20/h2-12,17,25,33-34H,13-16,18H2,1H3. The molecule has 2 heterocycles. The van der Waals surface area contributed by atoms with Gasteiger partial charge in [0.1, 0.15) is 17.7 Å². The average molecular weight is 469 g/mol. The third-order valence-electron chi connectivity index (χ3n) is 6.43. The smallest absolute Gasteiger partial charge is 0.251 e. The van der Waals surface area contributed by atoms with Crippen LogP contribution < -0.4 is 4.90 Å². The Kier molecular flexibility index (Phi) is 6.33. The van der Waals surface area contributed by atoms with Crippen molar-refractivity contribution in [3.63, 3.8) is 0 Å². The van der Waals surface area contributed by atoms with E-state index < -0.39 is 6.10 Å². The van der Waals surface area contributed by atoms with E-state index in [9.17, 15) is 15.0 Å². The average Bonchev–Trinajstić information content (AvgIpc) is 2.88. The first-order chi connectivity index (χ1) is 17.0. The van der Waals surface area contributed by atoms with Crippen LogP contribution >= 0.6 is 0 Å².